The van der Waals surface area contributed by atoms with Gasteiger partial charge in [-0.1, -0.05) is 12.5 Å². The summed E-state index contributed by atoms with van der Waals surface area (Å²) in [6.45, 7) is 0. The zero-order chi connectivity index (χ0) is 10.7. The number of rotatable bonds is 4. The lowest BCUT2D eigenvalue weighted by molar-refractivity contribution is -0.138. The molecule has 1 fully saturated rings. The van der Waals surface area contributed by atoms with Gasteiger partial charge < -0.3 is 5.11 Å². The number of hydrogen-bond acceptors (Lipinski definition) is 2. The van der Waals surface area contributed by atoms with Gasteiger partial charge in [-0.15, -0.1) is 11.3 Å². The lowest BCUT2D eigenvalue weighted by Gasteiger charge is -2.16. The molecule has 2 atom stereocenters. The van der Waals surface area contributed by atoms with E-state index in [1.54, 1.807) is 11.3 Å². The second-order valence-electron chi connectivity index (χ2n) is 4.33. The quantitative estimate of drug-likeness (QED) is 0.852. The van der Waals surface area contributed by atoms with Crippen molar-refractivity contribution in [2.45, 2.75) is 32.1 Å². The number of aliphatic carboxylic acids is 1. The molecule has 2 nitrogen and oxygen atoms in total. The maximum atomic E-state index is 10.7. The Kier molecular flexibility index (Phi) is 3.41. The lowest BCUT2D eigenvalue weighted by atomic mass is 9.90. The molecule has 1 heterocycles. The minimum absolute atomic E-state index is 0.357. The van der Waals surface area contributed by atoms with Crippen LogP contribution in [0.1, 0.15) is 30.6 Å². The summed E-state index contributed by atoms with van der Waals surface area (Å²) < 4.78 is 0. The van der Waals surface area contributed by atoms with Crippen molar-refractivity contribution in [3.63, 3.8) is 0 Å². The van der Waals surface area contributed by atoms with Crippen molar-refractivity contribution < 1.29 is 9.90 Å². The van der Waals surface area contributed by atoms with E-state index in [-0.39, 0.29) is 0 Å². The van der Waals surface area contributed by atoms with E-state index in [0.29, 0.717) is 18.3 Å². The average molecular weight is 224 g/mol. The molecule has 1 N–H and O–H groups in total. The van der Waals surface area contributed by atoms with Gasteiger partial charge in [0.25, 0.3) is 0 Å². The van der Waals surface area contributed by atoms with Crippen molar-refractivity contribution in [3.8, 4) is 0 Å². The van der Waals surface area contributed by atoms with Crippen LogP contribution >= 0.6 is 11.3 Å². The van der Waals surface area contributed by atoms with Crippen LogP contribution in [0.25, 0.3) is 0 Å². The van der Waals surface area contributed by atoms with Crippen molar-refractivity contribution in [2.24, 2.45) is 11.8 Å². The Balaban J connectivity index is 1.93. The van der Waals surface area contributed by atoms with E-state index in [0.717, 1.165) is 12.8 Å². The largest absolute Gasteiger partial charge is 0.481 e. The van der Waals surface area contributed by atoms with Crippen LogP contribution in [0.4, 0.5) is 0 Å². The van der Waals surface area contributed by atoms with Crippen LogP contribution in [0.3, 0.4) is 0 Å². The van der Waals surface area contributed by atoms with Crippen LogP contribution in [0.5, 0.6) is 0 Å². The fourth-order valence-corrected chi connectivity index (χ4v) is 3.36. The molecule has 1 aromatic heterocycles. The van der Waals surface area contributed by atoms with E-state index < -0.39 is 5.97 Å². The molecular formula is C12H16O2S. The summed E-state index contributed by atoms with van der Waals surface area (Å²) >= 11 is 1.78. The summed E-state index contributed by atoms with van der Waals surface area (Å²) in [5.74, 6) is 0.363. The molecule has 0 radical (unpaired) electrons. The molecular weight excluding hydrogens is 208 g/mol. The van der Waals surface area contributed by atoms with E-state index >= 15 is 0 Å². The van der Waals surface area contributed by atoms with E-state index in [9.17, 15) is 4.79 Å². The second kappa shape index (κ2) is 4.79. The Hall–Kier alpha value is -0.830. The summed E-state index contributed by atoms with van der Waals surface area (Å²) in [7, 11) is 0. The van der Waals surface area contributed by atoms with Gasteiger partial charge in [0.1, 0.15) is 0 Å². The highest BCUT2D eigenvalue weighted by Gasteiger charge is 2.29. The topological polar surface area (TPSA) is 37.3 Å². The molecule has 2 rings (SSSR count). The van der Waals surface area contributed by atoms with Crippen molar-refractivity contribution in [1.29, 1.82) is 0 Å². The molecule has 0 saturated heterocycles. The van der Waals surface area contributed by atoms with Gasteiger partial charge in [0.2, 0.25) is 0 Å². The van der Waals surface area contributed by atoms with Crippen LogP contribution in [0, 0.1) is 11.8 Å². The van der Waals surface area contributed by atoms with Gasteiger partial charge in [0.15, 0.2) is 0 Å². The highest BCUT2D eigenvalue weighted by atomic mass is 32.1. The van der Waals surface area contributed by atoms with E-state index in [1.165, 1.54) is 17.7 Å². The SMILES string of the molecule is O=C(O)CC1CCCC1Cc1cccs1. The minimum atomic E-state index is -0.641. The Bertz CT molecular complexity index is 318. The number of carboxylic acid groups (broad SMARTS) is 1. The monoisotopic (exact) mass is 224 g/mol. The van der Waals surface area contributed by atoms with Crippen LogP contribution in [-0.4, -0.2) is 11.1 Å². The van der Waals surface area contributed by atoms with E-state index in [2.05, 4.69) is 17.5 Å². The first-order valence-electron chi connectivity index (χ1n) is 5.50. The Morgan fingerprint density at radius 1 is 1.47 bits per heavy atom. The fraction of sp³-hybridized carbons (Fsp3) is 0.583. The first kappa shape index (κ1) is 10.7. The first-order chi connectivity index (χ1) is 7.25. The van der Waals surface area contributed by atoms with Gasteiger partial charge >= 0.3 is 5.97 Å². The molecule has 82 valence electrons. The molecule has 0 aliphatic heterocycles. The molecule has 1 aromatic rings. The van der Waals surface area contributed by atoms with Crippen LogP contribution in [0.2, 0.25) is 0 Å². The smallest absolute Gasteiger partial charge is 0.303 e. The standard InChI is InChI=1S/C12H16O2S/c13-12(14)8-10-4-1-3-9(10)7-11-5-2-6-15-11/h2,5-6,9-10H,1,3-4,7-8H2,(H,13,14). The zero-order valence-corrected chi connectivity index (χ0v) is 9.50. The Morgan fingerprint density at radius 3 is 2.93 bits per heavy atom. The third kappa shape index (κ3) is 2.81. The summed E-state index contributed by atoms with van der Waals surface area (Å²) in [5, 5.41) is 10.9. The predicted molar refractivity (Wildman–Crippen MR) is 61.1 cm³/mol. The normalized spacial score (nSPS) is 25.6. The highest BCUT2D eigenvalue weighted by molar-refractivity contribution is 7.09. The van der Waals surface area contributed by atoms with Gasteiger partial charge in [0, 0.05) is 11.3 Å². The Morgan fingerprint density at radius 2 is 2.27 bits per heavy atom. The van der Waals surface area contributed by atoms with E-state index in [4.69, 9.17) is 5.11 Å². The molecule has 1 aliphatic carbocycles. The van der Waals surface area contributed by atoms with Crippen molar-refractivity contribution in [2.75, 3.05) is 0 Å². The predicted octanol–water partition coefficient (Wildman–Crippen LogP) is 3.18. The molecule has 1 aliphatic rings. The molecule has 0 aromatic carbocycles. The van der Waals surface area contributed by atoms with Gasteiger partial charge in [-0.3, -0.25) is 4.79 Å². The maximum absolute atomic E-state index is 10.7. The molecule has 1 saturated carbocycles. The number of carbonyl (C=O) groups is 1. The number of thiophene rings is 1. The van der Waals surface area contributed by atoms with Crippen molar-refractivity contribution >= 4 is 17.3 Å². The van der Waals surface area contributed by atoms with Crippen LogP contribution < -0.4 is 0 Å². The minimum Gasteiger partial charge on any atom is -0.481 e. The van der Waals surface area contributed by atoms with E-state index in [1.807, 2.05) is 0 Å². The van der Waals surface area contributed by atoms with Crippen LogP contribution in [0.15, 0.2) is 17.5 Å². The summed E-state index contributed by atoms with van der Waals surface area (Å²) in [6, 6.07) is 4.22. The molecule has 15 heavy (non-hydrogen) atoms. The van der Waals surface area contributed by atoms with Gasteiger partial charge in [0.05, 0.1) is 0 Å². The third-order valence-corrected chi connectivity index (χ3v) is 4.20. The summed E-state index contributed by atoms with van der Waals surface area (Å²) in [4.78, 5) is 12.1. The fourth-order valence-electron chi connectivity index (χ4n) is 2.56. The molecule has 0 spiro atoms. The molecule has 0 amide bonds. The van der Waals surface area contributed by atoms with Gasteiger partial charge in [-0.2, -0.15) is 0 Å². The molecule has 3 heteroatoms. The molecule has 0 bridgehead atoms. The number of carboxylic acids is 1. The molecule has 2 unspecified atom stereocenters. The average Bonchev–Trinajstić information content (AvgIpc) is 2.78. The van der Waals surface area contributed by atoms with Gasteiger partial charge in [-0.05, 0) is 42.5 Å². The lowest BCUT2D eigenvalue weighted by Crippen LogP contribution is -2.14. The van der Waals surface area contributed by atoms with Crippen molar-refractivity contribution in [3.05, 3.63) is 22.4 Å². The first-order valence-corrected chi connectivity index (χ1v) is 6.38. The summed E-state index contributed by atoms with van der Waals surface area (Å²) in [5.41, 5.74) is 0. The highest BCUT2D eigenvalue weighted by Crippen LogP contribution is 2.36. The maximum Gasteiger partial charge on any atom is 0.303 e. The second-order valence-corrected chi connectivity index (χ2v) is 5.36. The Labute approximate surface area is 93.9 Å². The zero-order valence-electron chi connectivity index (χ0n) is 8.69. The summed E-state index contributed by atoms with van der Waals surface area (Å²) in [6.07, 6.45) is 4.94. The van der Waals surface area contributed by atoms with Crippen LogP contribution in [-0.2, 0) is 11.2 Å². The number of hydrogen-bond donors (Lipinski definition) is 1. The van der Waals surface area contributed by atoms with Crippen molar-refractivity contribution in [1.82, 2.24) is 0 Å². The third-order valence-electron chi connectivity index (χ3n) is 3.30. The van der Waals surface area contributed by atoms with Gasteiger partial charge in [-0.25, -0.2) is 0 Å².